The van der Waals surface area contributed by atoms with E-state index in [9.17, 15) is 4.79 Å². The largest absolute Gasteiger partial charge is 0.325 e. The molecule has 2 aromatic rings. The molecule has 0 aliphatic heterocycles. The maximum absolute atomic E-state index is 11.5. The lowest BCUT2D eigenvalue weighted by atomic mass is 10.1. The first kappa shape index (κ1) is 15.1. The highest BCUT2D eigenvalue weighted by Gasteiger charge is 2.09. The summed E-state index contributed by atoms with van der Waals surface area (Å²) in [5.41, 5.74) is 7.97. The van der Waals surface area contributed by atoms with Gasteiger partial charge in [-0.05, 0) is 42.0 Å². The Morgan fingerprint density at radius 2 is 2.21 bits per heavy atom. The summed E-state index contributed by atoms with van der Waals surface area (Å²) in [5, 5.41) is 13.7. The van der Waals surface area contributed by atoms with Gasteiger partial charge in [-0.25, -0.2) is 4.68 Å². The van der Waals surface area contributed by atoms with Gasteiger partial charge < -0.3 is 11.1 Å². The summed E-state index contributed by atoms with van der Waals surface area (Å²) in [5.74, 6) is -0.235. The molecule has 0 spiro atoms. The maximum atomic E-state index is 11.5. The number of hydrogen-bond acceptors (Lipinski definition) is 5. The number of nitrogens with two attached hydrogens (primary N) is 1. The fraction of sp³-hybridized carbons (Fsp3) is 0.273. The van der Waals surface area contributed by atoms with E-state index in [2.05, 4.69) is 20.8 Å². The molecule has 0 bridgehead atoms. The van der Waals surface area contributed by atoms with Crippen LogP contribution in [0.4, 0.5) is 5.69 Å². The summed E-state index contributed by atoms with van der Waals surface area (Å²) in [4.78, 5) is 11.5. The molecule has 8 heteroatoms. The number of anilines is 1. The smallest absolute Gasteiger partial charge is 0.240 e. The molecule has 0 saturated heterocycles. The number of carbonyl (C=O) groups is 1. The van der Waals surface area contributed by atoms with Gasteiger partial charge in [0, 0.05) is 5.69 Å². The molecule has 1 aromatic carbocycles. The monoisotopic (exact) mass is 282 g/mol. The molecular weight excluding hydrogens is 268 g/mol. The van der Waals surface area contributed by atoms with Crippen molar-refractivity contribution >= 4 is 24.0 Å². The second-order valence-electron chi connectivity index (χ2n) is 4.03. The van der Waals surface area contributed by atoms with Gasteiger partial charge in [0.25, 0.3) is 0 Å². The fourth-order valence-electron chi connectivity index (χ4n) is 1.46. The van der Waals surface area contributed by atoms with Gasteiger partial charge >= 0.3 is 0 Å². The number of carbonyl (C=O) groups excluding carboxylic acids is 1. The third-order valence-corrected chi connectivity index (χ3v) is 2.49. The minimum atomic E-state index is -0.553. The van der Waals surface area contributed by atoms with Crippen molar-refractivity contribution in [2.75, 3.05) is 5.32 Å². The molecule has 0 saturated carbocycles. The number of nitrogens with zero attached hydrogens (tertiary/aromatic N) is 4. The Balaban J connectivity index is 0.00000180. The molecule has 1 aromatic heterocycles. The first-order chi connectivity index (χ1) is 8.58. The van der Waals surface area contributed by atoms with E-state index in [1.165, 1.54) is 11.0 Å². The number of tetrazole rings is 1. The summed E-state index contributed by atoms with van der Waals surface area (Å²) in [6, 6.07) is 4.94. The third kappa shape index (κ3) is 3.49. The van der Waals surface area contributed by atoms with E-state index in [1.54, 1.807) is 13.0 Å². The zero-order valence-corrected chi connectivity index (χ0v) is 11.4. The minimum absolute atomic E-state index is 0. The Morgan fingerprint density at radius 1 is 1.47 bits per heavy atom. The summed E-state index contributed by atoms with van der Waals surface area (Å²) in [6.45, 7) is 3.57. The van der Waals surface area contributed by atoms with E-state index in [1.807, 2.05) is 19.1 Å². The highest BCUT2D eigenvalue weighted by molar-refractivity contribution is 5.94. The maximum Gasteiger partial charge on any atom is 0.240 e. The van der Waals surface area contributed by atoms with Crippen LogP contribution in [0.1, 0.15) is 12.5 Å². The SMILES string of the molecule is Cc1ccc(NC(=O)C(C)N)cc1-n1cnnn1.Cl. The molecule has 1 amide bonds. The van der Waals surface area contributed by atoms with Gasteiger partial charge in [-0.15, -0.1) is 17.5 Å². The first-order valence-corrected chi connectivity index (χ1v) is 5.48. The topological polar surface area (TPSA) is 98.7 Å². The van der Waals surface area contributed by atoms with Crippen molar-refractivity contribution in [3.05, 3.63) is 30.1 Å². The zero-order chi connectivity index (χ0) is 13.1. The number of amides is 1. The zero-order valence-electron chi connectivity index (χ0n) is 10.6. The molecule has 7 nitrogen and oxygen atoms in total. The van der Waals surface area contributed by atoms with Crippen LogP contribution in [-0.4, -0.2) is 32.2 Å². The van der Waals surface area contributed by atoms with Crippen LogP contribution >= 0.6 is 12.4 Å². The van der Waals surface area contributed by atoms with Gasteiger partial charge in [-0.2, -0.15) is 0 Å². The van der Waals surface area contributed by atoms with E-state index in [0.717, 1.165) is 11.3 Å². The van der Waals surface area contributed by atoms with Gasteiger partial charge in [-0.1, -0.05) is 6.07 Å². The molecule has 1 atom stereocenters. The fourth-order valence-corrected chi connectivity index (χ4v) is 1.46. The van der Waals surface area contributed by atoms with E-state index in [-0.39, 0.29) is 18.3 Å². The van der Waals surface area contributed by atoms with Crippen LogP contribution in [0.3, 0.4) is 0 Å². The normalized spacial score (nSPS) is 11.5. The summed E-state index contributed by atoms with van der Waals surface area (Å²) in [6.07, 6.45) is 1.50. The van der Waals surface area contributed by atoms with Gasteiger partial charge in [0.15, 0.2) is 0 Å². The standard InChI is InChI=1S/C11H14N6O.ClH/c1-7-3-4-9(14-11(18)8(2)12)5-10(7)17-6-13-15-16-17;/h3-6,8H,12H2,1-2H3,(H,14,18);1H. The number of aryl methyl sites for hydroxylation is 1. The van der Waals surface area contributed by atoms with Gasteiger partial charge in [0.05, 0.1) is 11.7 Å². The number of nitrogens with one attached hydrogen (secondary N) is 1. The Bertz CT molecular complexity index is 554. The third-order valence-electron chi connectivity index (χ3n) is 2.49. The van der Waals surface area contributed by atoms with Gasteiger partial charge in [-0.3, -0.25) is 4.79 Å². The molecule has 0 fully saturated rings. The van der Waals surface area contributed by atoms with Crippen LogP contribution in [0.5, 0.6) is 0 Å². The minimum Gasteiger partial charge on any atom is -0.325 e. The van der Waals surface area contributed by atoms with Gasteiger partial charge in [0.2, 0.25) is 5.91 Å². The molecule has 2 rings (SSSR count). The molecule has 0 aliphatic rings. The van der Waals surface area contributed by atoms with Crippen molar-refractivity contribution in [3.8, 4) is 5.69 Å². The molecular formula is C11H15ClN6O. The molecule has 1 heterocycles. The molecule has 102 valence electrons. The van der Waals surface area contributed by atoms with Crippen LogP contribution < -0.4 is 11.1 Å². The van der Waals surface area contributed by atoms with Crippen molar-refractivity contribution in [1.82, 2.24) is 20.2 Å². The Morgan fingerprint density at radius 3 is 2.79 bits per heavy atom. The van der Waals surface area contributed by atoms with Crippen molar-refractivity contribution < 1.29 is 4.79 Å². The van der Waals surface area contributed by atoms with Crippen molar-refractivity contribution in [2.24, 2.45) is 5.73 Å². The van der Waals surface area contributed by atoms with E-state index in [0.29, 0.717) is 5.69 Å². The molecule has 19 heavy (non-hydrogen) atoms. The predicted molar refractivity (Wildman–Crippen MR) is 73.4 cm³/mol. The van der Waals surface area contributed by atoms with Crippen molar-refractivity contribution in [1.29, 1.82) is 0 Å². The number of halogens is 1. The molecule has 3 N–H and O–H groups in total. The molecule has 1 unspecified atom stereocenters. The summed E-state index contributed by atoms with van der Waals surface area (Å²) in [7, 11) is 0. The van der Waals surface area contributed by atoms with E-state index < -0.39 is 6.04 Å². The van der Waals surface area contributed by atoms with Crippen molar-refractivity contribution in [3.63, 3.8) is 0 Å². The highest BCUT2D eigenvalue weighted by atomic mass is 35.5. The van der Waals surface area contributed by atoms with Crippen LogP contribution in [0.2, 0.25) is 0 Å². The number of rotatable bonds is 3. The highest BCUT2D eigenvalue weighted by Crippen LogP contribution is 2.18. The van der Waals surface area contributed by atoms with Crippen LogP contribution in [0.25, 0.3) is 5.69 Å². The first-order valence-electron chi connectivity index (χ1n) is 5.48. The van der Waals surface area contributed by atoms with Crippen molar-refractivity contribution in [2.45, 2.75) is 19.9 Å². The Kier molecular flexibility index (Phi) is 4.96. The lowest BCUT2D eigenvalue weighted by Crippen LogP contribution is -2.32. The van der Waals surface area contributed by atoms with Crippen LogP contribution in [-0.2, 0) is 4.79 Å². The Labute approximate surface area is 116 Å². The quantitative estimate of drug-likeness (QED) is 0.862. The number of benzene rings is 1. The van der Waals surface area contributed by atoms with Crippen LogP contribution in [0, 0.1) is 6.92 Å². The lowest BCUT2D eigenvalue weighted by Gasteiger charge is -2.10. The average molecular weight is 283 g/mol. The average Bonchev–Trinajstić information content (AvgIpc) is 2.85. The Hall–Kier alpha value is -1.99. The van der Waals surface area contributed by atoms with E-state index >= 15 is 0 Å². The van der Waals surface area contributed by atoms with Crippen LogP contribution in [0.15, 0.2) is 24.5 Å². The molecule has 0 radical (unpaired) electrons. The van der Waals surface area contributed by atoms with E-state index in [4.69, 9.17) is 5.73 Å². The number of aromatic nitrogens is 4. The summed E-state index contributed by atoms with van der Waals surface area (Å²) >= 11 is 0. The lowest BCUT2D eigenvalue weighted by molar-refractivity contribution is -0.117. The summed E-state index contributed by atoms with van der Waals surface area (Å²) < 4.78 is 1.54. The second-order valence-corrected chi connectivity index (χ2v) is 4.03. The molecule has 0 aliphatic carbocycles. The number of hydrogen-bond donors (Lipinski definition) is 2. The second kappa shape index (κ2) is 6.26. The predicted octanol–water partition coefficient (Wildman–Crippen LogP) is 0.678. The van der Waals surface area contributed by atoms with Gasteiger partial charge in [0.1, 0.15) is 6.33 Å².